The van der Waals surface area contributed by atoms with E-state index in [2.05, 4.69) is 25.8 Å². The first-order valence-corrected chi connectivity index (χ1v) is 7.62. The number of ether oxygens (including phenoxy) is 2. The highest BCUT2D eigenvalue weighted by molar-refractivity contribution is 5.67. The topological polar surface area (TPSA) is 94.3 Å². The molecule has 0 saturated heterocycles. The Morgan fingerprint density at radius 2 is 1.64 bits per heavy atom. The largest absolute Gasteiger partial charge is 0.497 e. The molecular weight excluding hydrogens is 322 g/mol. The third kappa shape index (κ3) is 3.97. The fraction of sp³-hybridized carbons (Fsp3) is 0.235. The Bertz CT molecular complexity index is 878. The quantitative estimate of drug-likeness (QED) is 0.702. The summed E-state index contributed by atoms with van der Waals surface area (Å²) in [7, 11) is 3.21. The van der Waals surface area contributed by atoms with Crippen LogP contribution in [0, 0.1) is 13.8 Å². The molecule has 0 aliphatic carbocycles. The Labute approximate surface area is 145 Å². The number of nitrogens with one attached hydrogen (secondary N) is 2. The maximum absolute atomic E-state index is 5.39. The van der Waals surface area contributed by atoms with Gasteiger partial charge in [0.2, 0.25) is 0 Å². The summed E-state index contributed by atoms with van der Waals surface area (Å²) in [4.78, 5) is 8.76. The zero-order valence-electron chi connectivity index (χ0n) is 14.5. The standard InChI is InChI=1S/C17H19N5O3/c1-10-7-17(22-25-10)21-16-9-15(18-11(2)19-16)20-13-6-5-12(23-3)8-14(13)24-4/h5-9H,1-4H3,(H2,18,19,20,21,22). The van der Waals surface area contributed by atoms with Crippen molar-refractivity contribution in [3.63, 3.8) is 0 Å². The molecule has 0 saturated carbocycles. The van der Waals surface area contributed by atoms with Crippen molar-refractivity contribution in [2.24, 2.45) is 0 Å². The summed E-state index contributed by atoms with van der Waals surface area (Å²) in [5, 5.41) is 10.2. The molecule has 0 atom stereocenters. The van der Waals surface area contributed by atoms with E-state index in [0.717, 1.165) is 11.4 Å². The van der Waals surface area contributed by atoms with Crippen LogP contribution in [0.2, 0.25) is 0 Å². The smallest absolute Gasteiger partial charge is 0.175 e. The zero-order valence-corrected chi connectivity index (χ0v) is 14.5. The molecule has 0 amide bonds. The number of nitrogens with zero attached hydrogens (tertiary/aromatic N) is 3. The molecule has 3 aromatic rings. The zero-order chi connectivity index (χ0) is 17.8. The predicted octanol–water partition coefficient (Wildman–Crippen LogP) is 3.59. The van der Waals surface area contributed by atoms with Gasteiger partial charge in [0.15, 0.2) is 5.82 Å². The van der Waals surface area contributed by atoms with E-state index in [1.807, 2.05) is 26.0 Å². The number of benzene rings is 1. The highest BCUT2D eigenvalue weighted by Gasteiger charge is 2.09. The lowest BCUT2D eigenvalue weighted by Crippen LogP contribution is -2.02. The van der Waals surface area contributed by atoms with Crippen LogP contribution in [0.1, 0.15) is 11.6 Å². The van der Waals surface area contributed by atoms with Crippen LogP contribution in [-0.2, 0) is 0 Å². The molecular formula is C17H19N5O3. The second kappa shape index (κ2) is 7.08. The summed E-state index contributed by atoms with van der Waals surface area (Å²) in [6.07, 6.45) is 0. The lowest BCUT2D eigenvalue weighted by Gasteiger charge is -2.13. The highest BCUT2D eigenvalue weighted by Crippen LogP contribution is 2.31. The van der Waals surface area contributed by atoms with Crippen LogP contribution in [0.4, 0.5) is 23.1 Å². The van der Waals surface area contributed by atoms with Gasteiger partial charge in [-0.15, -0.1) is 0 Å². The first-order chi connectivity index (χ1) is 12.1. The molecule has 0 radical (unpaired) electrons. The normalized spacial score (nSPS) is 10.4. The predicted molar refractivity (Wildman–Crippen MR) is 94.1 cm³/mol. The molecule has 0 unspecified atom stereocenters. The summed E-state index contributed by atoms with van der Waals surface area (Å²) in [5.41, 5.74) is 0.768. The van der Waals surface area contributed by atoms with Gasteiger partial charge in [-0.25, -0.2) is 9.97 Å². The molecule has 1 aromatic carbocycles. The van der Waals surface area contributed by atoms with Gasteiger partial charge >= 0.3 is 0 Å². The summed E-state index contributed by atoms with van der Waals surface area (Å²) in [5.74, 6) is 4.51. The van der Waals surface area contributed by atoms with Gasteiger partial charge in [-0.3, -0.25) is 0 Å². The fourth-order valence-electron chi connectivity index (χ4n) is 2.29. The van der Waals surface area contributed by atoms with Crippen molar-refractivity contribution in [3.8, 4) is 11.5 Å². The Hall–Kier alpha value is -3.29. The van der Waals surface area contributed by atoms with E-state index in [1.54, 1.807) is 32.4 Å². The van der Waals surface area contributed by atoms with Crippen LogP contribution in [-0.4, -0.2) is 29.3 Å². The Balaban J connectivity index is 1.85. The van der Waals surface area contributed by atoms with E-state index in [-0.39, 0.29) is 0 Å². The van der Waals surface area contributed by atoms with Crippen LogP contribution in [0.3, 0.4) is 0 Å². The Kier molecular flexibility index (Phi) is 4.69. The van der Waals surface area contributed by atoms with Gasteiger partial charge in [-0.2, -0.15) is 0 Å². The average molecular weight is 341 g/mol. The summed E-state index contributed by atoms with van der Waals surface area (Å²) >= 11 is 0. The summed E-state index contributed by atoms with van der Waals surface area (Å²) in [6.45, 7) is 3.64. The molecule has 8 heteroatoms. The molecule has 0 fully saturated rings. The molecule has 130 valence electrons. The van der Waals surface area contributed by atoms with Crippen LogP contribution in [0.15, 0.2) is 34.9 Å². The number of aromatic nitrogens is 3. The van der Waals surface area contributed by atoms with Gasteiger partial charge in [0.1, 0.15) is 34.7 Å². The molecule has 0 aliphatic heterocycles. The van der Waals surface area contributed by atoms with Crippen molar-refractivity contribution in [1.82, 2.24) is 15.1 Å². The van der Waals surface area contributed by atoms with E-state index in [1.165, 1.54) is 0 Å². The second-order valence-corrected chi connectivity index (χ2v) is 5.32. The lowest BCUT2D eigenvalue weighted by molar-refractivity contribution is 0.395. The van der Waals surface area contributed by atoms with E-state index in [4.69, 9.17) is 14.0 Å². The minimum atomic E-state index is 0.587. The molecule has 2 N–H and O–H groups in total. The second-order valence-electron chi connectivity index (χ2n) is 5.32. The fourth-order valence-corrected chi connectivity index (χ4v) is 2.29. The van der Waals surface area contributed by atoms with Gasteiger partial charge < -0.3 is 24.6 Å². The molecule has 2 aromatic heterocycles. The SMILES string of the molecule is COc1ccc(Nc2cc(Nc3cc(C)on3)nc(C)n2)c(OC)c1. The van der Waals surface area contributed by atoms with Crippen molar-refractivity contribution in [3.05, 3.63) is 41.9 Å². The van der Waals surface area contributed by atoms with Crippen LogP contribution in [0.5, 0.6) is 11.5 Å². The summed E-state index contributed by atoms with van der Waals surface area (Å²) in [6, 6.07) is 9.07. The number of methoxy groups -OCH3 is 2. The molecule has 0 bridgehead atoms. The number of aryl methyl sites for hydroxylation is 2. The number of hydrogen-bond donors (Lipinski definition) is 2. The summed E-state index contributed by atoms with van der Waals surface area (Å²) < 4.78 is 15.6. The first-order valence-electron chi connectivity index (χ1n) is 7.62. The van der Waals surface area contributed by atoms with Gasteiger partial charge in [-0.05, 0) is 26.0 Å². The molecule has 2 heterocycles. The van der Waals surface area contributed by atoms with E-state index in [9.17, 15) is 0 Å². The van der Waals surface area contributed by atoms with Gasteiger partial charge in [0, 0.05) is 18.2 Å². The van der Waals surface area contributed by atoms with Crippen LogP contribution in [0.25, 0.3) is 0 Å². The van der Waals surface area contributed by atoms with Gasteiger partial charge in [-0.1, -0.05) is 5.16 Å². The third-order valence-electron chi connectivity index (χ3n) is 3.39. The monoisotopic (exact) mass is 341 g/mol. The Morgan fingerprint density at radius 1 is 0.880 bits per heavy atom. The maximum Gasteiger partial charge on any atom is 0.175 e. The van der Waals surface area contributed by atoms with Gasteiger partial charge in [0.25, 0.3) is 0 Å². The van der Waals surface area contributed by atoms with Crippen LogP contribution < -0.4 is 20.1 Å². The average Bonchev–Trinajstić information content (AvgIpc) is 2.99. The minimum absolute atomic E-state index is 0.587. The van der Waals surface area contributed by atoms with Crippen LogP contribution >= 0.6 is 0 Å². The highest BCUT2D eigenvalue weighted by atomic mass is 16.5. The lowest BCUT2D eigenvalue weighted by atomic mass is 10.2. The minimum Gasteiger partial charge on any atom is -0.497 e. The van der Waals surface area contributed by atoms with Crippen molar-refractivity contribution in [1.29, 1.82) is 0 Å². The Morgan fingerprint density at radius 3 is 2.28 bits per heavy atom. The molecule has 0 spiro atoms. The molecule has 3 rings (SSSR count). The van der Waals surface area contributed by atoms with Crippen molar-refractivity contribution in [2.45, 2.75) is 13.8 Å². The first kappa shape index (κ1) is 16.6. The van der Waals surface area contributed by atoms with Gasteiger partial charge in [0.05, 0.1) is 19.9 Å². The van der Waals surface area contributed by atoms with Crippen molar-refractivity contribution in [2.75, 3.05) is 24.9 Å². The van der Waals surface area contributed by atoms with E-state index >= 15 is 0 Å². The van der Waals surface area contributed by atoms with E-state index in [0.29, 0.717) is 34.8 Å². The number of hydrogen-bond acceptors (Lipinski definition) is 8. The number of anilines is 4. The van der Waals surface area contributed by atoms with Crippen molar-refractivity contribution < 1.29 is 14.0 Å². The molecule has 25 heavy (non-hydrogen) atoms. The molecule has 8 nitrogen and oxygen atoms in total. The maximum atomic E-state index is 5.39. The number of rotatable bonds is 6. The molecule has 0 aliphatic rings. The van der Waals surface area contributed by atoms with E-state index < -0.39 is 0 Å². The third-order valence-corrected chi connectivity index (χ3v) is 3.39. The van der Waals surface area contributed by atoms with Crippen molar-refractivity contribution >= 4 is 23.1 Å².